The van der Waals surface area contributed by atoms with Crippen molar-refractivity contribution in [3.8, 4) is 0 Å². The summed E-state index contributed by atoms with van der Waals surface area (Å²) >= 11 is 0. The van der Waals surface area contributed by atoms with Crippen molar-refractivity contribution in [3.05, 3.63) is 29.3 Å². The minimum absolute atomic E-state index is 0.792. The summed E-state index contributed by atoms with van der Waals surface area (Å²) in [6.07, 6.45) is 3.80. The van der Waals surface area contributed by atoms with E-state index in [0.717, 1.165) is 11.6 Å². The minimum Gasteiger partial charge on any atom is -0.399 e. The molecule has 0 amide bonds. The van der Waals surface area contributed by atoms with Crippen LogP contribution < -0.4 is 5.73 Å². The van der Waals surface area contributed by atoms with Gasteiger partial charge in [0.05, 0.1) is 0 Å². The summed E-state index contributed by atoms with van der Waals surface area (Å²) in [4.78, 5) is 0. The van der Waals surface area contributed by atoms with E-state index in [0.29, 0.717) is 0 Å². The van der Waals surface area contributed by atoms with Crippen molar-refractivity contribution in [2.24, 2.45) is 0 Å². The lowest BCUT2D eigenvalue weighted by Gasteiger charge is -2.07. The first-order valence-corrected chi connectivity index (χ1v) is 4.69. The van der Waals surface area contributed by atoms with Gasteiger partial charge in [0.25, 0.3) is 0 Å². The smallest absolute Gasteiger partial charge is 0.0316 e. The topological polar surface area (TPSA) is 26.0 Å². The van der Waals surface area contributed by atoms with Gasteiger partial charge in [0.1, 0.15) is 0 Å². The first-order valence-electron chi connectivity index (χ1n) is 4.69. The molecule has 12 heavy (non-hydrogen) atoms. The zero-order chi connectivity index (χ0) is 8.55. The van der Waals surface area contributed by atoms with Gasteiger partial charge in [-0.3, -0.25) is 0 Å². The van der Waals surface area contributed by atoms with Gasteiger partial charge in [-0.1, -0.05) is 13.0 Å². The maximum absolute atomic E-state index is 5.72. The number of rotatable bonds is 1. The minimum atomic E-state index is 0.792. The van der Waals surface area contributed by atoms with Crippen LogP contribution in [-0.4, -0.2) is 0 Å². The molecule has 0 heterocycles. The van der Waals surface area contributed by atoms with Gasteiger partial charge in [-0.25, -0.2) is 0 Å². The van der Waals surface area contributed by atoms with E-state index in [4.69, 9.17) is 5.73 Å². The largest absolute Gasteiger partial charge is 0.399 e. The second-order valence-electron chi connectivity index (χ2n) is 3.60. The molecule has 0 aromatic heterocycles. The number of nitrogen functional groups attached to an aromatic ring is 1. The van der Waals surface area contributed by atoms with Crippen LogP contribution in [0.2, 0.25) is 0 Å². The fourth-order valence-corrected chi connectivity index (χ4v) is 2.15. The van der Waals surface area contributed by atoms with Gasteiger partial charge in [-0.05, 0) is 48.4 Å². The molecule has 0 spiro atoms. The normalized spacial score (nSPS) is 20.9. The van der Waals surface area contributed by atoms with Gasteiger partial charge < -0.3 is 5.73 Å². The van der Waals surface area contributed by atoms with Crippen LogP contribution >= 0.6 is 0 Å². The summed E-state index contributed by atoms with van der Waals surface area (Å²) in [5, 5.41) is 0. The first kappa shape index (κ1) is 7.66. The summed E-state index contributed by atoms with van der Waals surface area (Å²) in [5.41, 5.74) is 9.63. The van der Waals surface area contributed by atoms with Gasteiger partial charge in [-0.2, -0.15) is 0 Å². The van der Waals surface area contributed by atoms with E-state index in [2.05, 4.69) is 19.1 Å². The van der Waals surface area contributed by atoms with Gasteiger partial charge in [0.15, 0.2) is 0 Å². The maximum Gasteiger partial charge on any atom is 0.0316 e. The molecule has 0 aliphatic heterocycles. The van der Waals surface area contributed by atoms with Crippen LogP contribution in [0.5, 0.6) is 0 Å². The third-order valence-electron chi connectivity index (χ3n) is 2.86. The molecule has 1 aliphatic carbocycles. The van der Waals surface area contributed by atoms with Gasteiger partial charge in [-0.15, -0.1) is 0 Å². The number of hydrogen-bond acceptors (Lipinski definition) is 1. The van der Waals surface area contributed by atoms with Crippen LogP contribution in [0.4, 0.5) is 5.69 Å². The Bertz CT molecular complexity index is 291. The summed E-state index contributed by atoms with van der Waals surface area (Å²) in [5.74, 6) is 0.792. The molecule has 1 unspecified atom stereocenters. The van der Waals surface area contributed by atoms with Crippen molar-refractivity contribution in [3.63, 3.8) is 0 Å². The SMILES string of the molecule is CCC1CCc2cc(N)ccc21. The van der Waals surface area contributed by atoms with E-state index >= 15 is 0 Å². The highest BCUT2D eigenvalue weighted by Gasteiger charge is 2.20. The number of aryl methyl sites for hydroxylation is 1. The van der Waals surface area contributed by atoms with Crippen LogP contribution in [0.1, 0.15) is 36.8 Å². The Balaban J connectivity index is 2.40. The Labute approximate surface area is 73.6 Å². The molecule has 1 atom stereocenters. The summed E-state index contributed by atoms with van der Waals surface area (Å²) in [7, 11) is 0. The lowest BCUT2D eigenvalue weighted by molar-refractivity contribution is 0.656. The van der Waals surface area contributed by atoms with E-state index < -0.39 is 0 Å². The van der Waals surface area contributed by atoms with Gasteiger partial charge >= 0.3 is 0 Å². The highest BCUT2D eigenvalue weighted by Crippen LogP contribution is 2.35. The van der Waals surface area contributed by atoms with Crippen molar-refractivity contribution < 1.29 is 0 Å². The predicted molar refractivity (Wildman–Crippen MR) is 52.2 cm³/mol. The molecule has 2 N–H and O–H groups in total. The maximum atomic E-state index is 5.72. The van der Waals surface area contributed by atoms with Crippen molar-refractivity contribution in [2.75, 3.05) is 5.73 Å². The monoisotopic (exact) mass is 161 g/mol. The first-order chi connectivity index (χ1) is 5.81. The third-order valence-corrected chi connectivity index (χ3v) is 2.86. The Hall–Kier alpha value is -0.980. The second-order valence-corrected chi connectivity index (χ2v) is 3.60. The number of anilines is 1. The molecule has 1 aromatic carbocycles. The van der Waals surface area contributed by atoms with E-state index in [1.54, 1.807) is 0 Å². The molecule has 0 saturated carbocycles. The van der Waals surface area contributed by atoms with Crippen LogP contribution in [0.3, 0.4) is 0 Å². The highest BCUT2D eigenvalue weighted by molar-refractivity contribution is 5.47. The Morgan fingerprint density at radius 1 is 1.50 bits per heavy atom. The molecule has 1 aliphatic rings. The van der Waals surface area contributed by atoms with E-state index in [9.17, 15) is 0 Å². The van der Waals surface area contributed by atoms with Crippen molar-refractivity contribution >= 4 is 5.69 Å². The third kappa shape index (κ3) is 1.09. The zero-order valence-corrected chi connectivity index (χ0v) is 7.51. The lowest BCUT2D eigenvalue weighted by Crippen LogP contribution is -1.91. The fraction of sp³-hybridized carbons (Fsp3) is 0.455. The van der Waals surface area contributed by atoms with Gasteiger partial charge in [0, 0.05) is 5.69 Å². The quantitative estimate of drug-likeness (QED) is 0.630. The van der Waals surface area contributed by atoms with Crippen molar-refractivity contribution in [1.82, 2.24) is 0 Å². The molecular formula is C11H15N. The van der Waals surface area contributed by atoms with Crippen molar-refractivity contribution in [1.29, 1.82) is 0 Å². The second kappa shape index (κ2) is 2.81. The van der Waals surface area contributed by atoms with Crippen molar-refractivity contribution in [2.45, 2.75) is 32.1 Å². The molecule has 0 bridgehead atoms. The van der Waals surface area contributed by atoms with Crippen LogP contribution in [-0.2, 0) is 6.42 Å². The average Bonchev–Trinajstić information content (AvgIpc) is 2.46. The number of nitrogens with two attached hydrogens (primary N) is 1. The van der Waals surface area contributed by atoms with E-state index in [1.807, 2.05) is 6.07 Å². The lowest BCUT2D eigenvalue weighted by atomic mass is 9.99. The molecule has 64 valence electrons. The number of benzene rings is 1. The molecular weight excluding hydrogens is 146 g/mol. The Morgan fingerprint density at radius 3 is 3.08 bits per heavy atom. The van der Waals surface area contributed by atoms with Crippen LogP contribution in [0, 0.1) is 0 Å². The summed E-state index contributed by atoms with van der Waals surface area (Å²) < 4.78 is 0. The number of hydrogen-bond donors (Lipinski definition) is 1. The molecule has 0 fully saturated rings. The summed E-state index contributed by atoms with van der Waals surface area (Å²) in [6.45, 7) is 2.26. The van der Waals surface area contributed by atoms with Crippen LogP contribution in [0.25, 0.3) is 0 Å². The van der Waals surface area contributed by atoms with E-state index in [-0.39, 0.29) is 0 Å². The number of fused-ring (bicyclic) bond motifs is 1. The highest BCUT2D eigenvalue weighted by atomic mass is 14.5. The zero-order valence-electron chi connectivity index (χ0n) is 7.51. The Morgan fingerprint density at radius 2 is 2.33 bits per heavy atom. The van der Waals surface area contributed by atoms with E-state index in [1.165, 1.54) is 30.4 Å². The van der Waals surface area contributed by atoms with Gasteiger partial charge in [0.2, 0.25) is 0 Å². The molecule has 0 saturated heterocycles. The Kier molecular flexibility index (Phi) is 1.80. The molecule has 1 aromatic rings. The molecule has 1 heteroatoms. The molecule has 2 rings (SSSR count). The molecule has 0 radical (unpaired) electrons. The fourth-order valence-electron chi connectivity index (χ4n) is 2.15. The molecule has 1 nitrogen and oxygen atoms in total. The summed E-state index contributed by atoms with van der Waals surface area (Å²) in [6, 6.07) is 6.35. The predicted octanol–water partition coefficient (Wildman–Crippen LogP) is 2.71. The van der Waals surface area contributed by atoms with Crippen LogP contribution in [0.15, 0.2) is 18.2 Å². The standard InChI is InChI=1S/C11H15N/c1-2-8-3-4-9-7-10(12)5-6-11(8)9/h5-8H,2-4,12H2,1H3. The average molecular weight is 161 g/mol.